The molecule has 0 unspecified atom stereocenters. The van der Waals surface area contributed by atoms with Crippen LogP contribution in [0.15, 0.2) is 36.4 Å². The molecule has 0 fully saturated rings. The van der Waals surface area contributed by atoms with E-state index < -0.39 is 19.5 Å². The minimum absolute atomic E-state index is 0.0264. The van der Waals surface area contributed by atoms with Crippen LogP contribution in [0.4, 0.5) is 13.2 Å². The molecule has 0 saturated carbocycles. The second-order valence-electron chi connectivity index (χ2n) is 4.47. The highest BCUT2D eigenvalue weighted by Gasteiger charge is 2.40. The zero-order chi connectivity index (χ0) is 17.1. The molecule has 126 valence electrons. The predicted octanol–water partition coefficient (Wildman–Crippen LogP) is 3.78. The Bertz CT molecular complexity index is 691. The number of aromatic nitrogens is 2. The molecule has 5 nitrogen and oxygen atoms in total. The summed E-state index contributed by atoms with van der Waals surface area (Å²) in [6, 6.07) is 8.81. The van der Waals surface area contributed by atoms with Crippen molar-refractivity contribution in [3.05, 3.63) is 42.1 Å². The fraction of sp³-hybridized carbons (Fsp3) is 0.357. The highest BCUT2D eigenvalue weighted by molar-refractivity contribution is 7.62. The third-order valence-corrected chi connectivity index (χ3v) is 4.94. The lowest BCUT2D eigenvalue weighted by Crippen LogP contribution is -2.20. The first-order chi connectivity index (χ1) is 10.8. The molecule has 2 rings (SSSR count). The molecule has 0 saturated heterocycles. The van der Waals surface area contributed by atoms with Gasteiger partial charge in [0, 0.05) is 6.07 Å². The summed E-state index contributed by atoms with van der Waals surface area (Å²) in [6.45, 7) is 3.22. The van der Waals surface area contributed by atoms with Gasteiger partial charge in [-0.05, 0) is 26.0 Å². The van der Waals surface area contributed by atoms with Crippen molar-refractivity contribution in [2.45, 2.75) is 20.0 Å². The van der Waals surface area contributed by atoms with Gasteiger partial charge in [0.1, 0.15) is 0 Å². The summed E-state index contributed by atoms with van der Waals surface area (Å²) in [5.74, 6) is 0. The SMILES string of the molecule is CCOP(=O)(OCC)c1cc(C(F)(F)F)nn1-c1ccccc1. The smallest absolute Gasteiger partial charge is 0.304 e. The van der Waals surface area contributed by atoms with E-state index in [4.69, 9.17) is 9.05 Å². The van der Waals surface area contributed by atoms with Crippen LogP contribution in [0.3, 0.4) is 0 Å². The summed E-state index contributed by atoms with van der Waals surface area (Å²) < 4.78 is 63.2. The van der Waals surface area contributed by atoms with Crippen molar-refractivity contribution in [3.8, 4) is 5.69 Å². The Labute approximate surface area is 131 Å². The summed E-state index contributed by atoms with van der Waals surface area (Å²) in [4.78, 5) is 0. The minimum atomic E-state index is -4.67. The van der Waals surface area contributed by atoms with Gasteiger partial charge < -0.3 is 9.05 Å². The lowest BCUT2D eigenvalue weighted by atomic mass is 10.3. The Morgan fingerprint density at radius 2 is 1.70 bits per heavy atom. The van der Waals surface area contributed by atoms with E-state index in [-0.39, 0.29) is 18.6 Å². The van der Waals surface area contributed by atoms with Gasteiger partial charge in [-0.2, -0.15) is 18.3 Å². The molecule has 2 aromatic rings. The second-order valence-corrected chi connectivity index (χ2v) is 6.44. The van der Waals surface area contributed by atoms with Crippen LogP contribution >= 0.6 is 7.60 Å². The highest BCUT2D eigenvalue weighted by atomic mass is 31.2. The van der Waals surface area contributed by atoms with Crippen LogP contribution in [0.2, 0.25) is 0 Å². The average molecular weight is 348 g/mol. The van der Waals surface area contributed by atoms with Crippen LogP contribution in [0.1, 0.15) is 19.5 Å². The monoisotopic (exact) mass is 348 g/mol. The maximum absolute atomic E-state index is 13.0. The van der Waals surface area contributed by atoms with E-state index in [0.29, 0.717) is 11.8 Å². The van der Waals surface area contributed by atoms with Gasteiger partial charge in [0.2, 0.25) is 0 Å². The average Bonchev–Trinajstić information content (AvgIpc) is 2.95. The van der Waals surface area contributed by atoms with Crippen LogP contribution in [-0.2, 0) is 19.8 Å². The number of benzene rings is 1. The van der Waals surface area contributed by atoms with Gasteiger partial charge in [-0.3, -0.25) is 4.57 Å². The Morgan fingerprint density at radius 3 is 2.17 bits per heavy atom. The topological polar surface area (TPSA) is 53.4 Å². The minimum Gasteiger partial charge on any atom is -0.304 e. The van der Waals surface area contributed by atoms with Crippen molar-refractivity contribution in [2.75, 3.05) is 13.2 Å². The number of hydrogen-bond acceptors (Lipinski definition) is 4. The summed E-state index contributed by atoms with van der Waals surface area (Å²) in [6.07, 6.45) is -4.67. The molecule has 0 amide bonds. The van der Waals surface area contributed by atoms with Gasteiger partial charge in [0.05, 0.1) is 18.9 Å². The maximum atomic E-state index is 13.0. The Kier molecular flexibility index (Phi) is 5.29. The maximum Gasteiger partial charge on any atom is 0.435 e. The third-order valence-electron chi connectivity index (χ3n) is 2.86. The molecule has 1 aromatic heterocycles. The molecule has 1 heterocycles. The van der Waals surface area contributed by atoms with E-state index in [0.717, 1.165) is 4.68 Å². The zero-order valence-electron chi connectivity index (χ0n) is 12.6. The summed E-state index contributed by atoms with van der Waals surface area (Å²) in [7, 11) is -3.92. The molecule has 0 aliphatic heterocycles. The standard InChI is InChI=1S/C14H16F3N2O3P/c1-3-21-23(20,22-4-2)13-10-12(14(15,16)17)18-19(13)11-8-6-5-7-9-11/h5-10H,3-4H2,1-2H3. The molecular weight excluding hydrogens is 332 g/mol. The fourth-order valence-corrected chi connectivity index (χ4v) is 3.67. The van der Waals surface area contributed by atoms with Gasteiger partial charge in [-0.1, -0.05) is 18.2 Å². The van der Waals surface area contributed by atoms with E-state index in [1.54, 1.807) is 44.2 Å². The lowest BCUT2D eigenvalue weighted by molar-refractivity contribution is -0.141. The van der Waals surface area contributed by atoms with E-state index in [1.807, 2.05) is 0 Å². The molecule has 0 atom stereocenters. The van der Waals surface area contributed by atoms with Crippen molar-refractivity contribution in [1.29, 1.82) is 0 Å². The molecule has 0 aliphatic carbocycles. The van der Waals surface area contributed by atoms with E-state index in [1.165, 1.54) is 0 Å². The van der Waals surface area contributed by atoms with Crippen molar-refractivity contribution < 1.29 is 26.8 Å². The van der Waals surface area contributed by atoms with Crippen LogP contribution in [0.25, 0.3) is 5.69 Å². The Balaban J connectivity index is 2.65. The first-order valence-corrected chi connectivity index (χ1v) is 8.48. The normalized spacial score (nSPS) is 12.6. The number of halogens is 3. The van der Waals surface area contributed by atoms with Crippen molar-refractivity contribution in [3.63, 3.8) is 0 Å². The molecular formula is C14H16F3N2O3P. The van der Waals surface area contributed by atoms with Gasteiger partial charge in [0.15, 0.2) is 11.1 Å². The van der Waals surface area contributed by atoms with Gasteiger partial charge >= 0.3 is 13.8 Å². The first-order valence-electron chi connectivity index (χ1n) is 6.94. The lowest BCUT2D eigenvalue weighted by Gasteiger charge is -2.17. The zero-order valence-corrected chi connectivity index (χ0v) is 13.5. The van der Waals surface area contributed by atoms with Crippen LogP contribution in [0.5, 0.6) is 0 Å². The second kappa shape index (κ2) is 6.86. The summed E-state index contributed by atoms with van der Waals surface area (Å²) in [5.41, 5.74) is -1.08. The molecule has 0 radical (unpaired) electrons. The fourth-order valence-electron chi connectivity index (χ4n) is 1.97. The molecule has 23 heavy (non-hydrogen) atoms. The molecule has 0 spiro atoms. The first kappa shape index (κ1) is 17.7. The number of hydrogen-bond donors (Lipinski definition) is 0. The van der Waals surface area contributed by atoms with Crippen molar-refractivity contribution in [1.82, 2.24) is 9.78 Å². The molecule has 0 N–H and O–H groups in total. The third kappa shape index (κ3) is 3.83. The Morgan fingerprint density at radius 1 is 1.13 bits per heavy atom. The summed E-state index contributed by atoms with van der Waals surface area (Å²) >= 11 is 0. The molecule has 0 aliphatic rings. The molecule has 9 heteroatoms. The van der Waals surface area contributed by atoms with Gasteiger partial charge in [-0.15, -0.1) is 0 Å². The van der Waals surface area contributed by atoms with Crippen LogP contribution in [-0.4, -0.2) is 23.0 Å². The van der Waals surface area contributed by atoms with E-state index >= 15 is 0 Å². The van der Waals surface area contributed by atoms with E-state index in [9.17, 15) is 17.7 Å². The number of alkyl halides is 3. The van der Waals surface area contributed by atoms with Crippen molar-refractivity contribution in [2.24, 2.45) is 0 Å². The van der Waals surface area contributed by atoms with Crippen LogP contribution in [0, 0.1) is 0 Å². The Hall–Kier alpha value is -1.63. The van der Waals surface area contributed by atoms with E-state index in [2.05, 4.69) is 5.10 Å². The highest BCUT2D eigenvalue weighted by Crippen LogP contribution is 2.48. The number of rotatable bonds is 6. The number of nitrogens with zero attached hydrogens (tertiary/aromatic N) is 2. The molecule has 0 bridgehead atoms. The van der Waals surface area contributed by atoms with Gasteiger partial charge in [0.25, 0.3) is 0 Å². The van der Waals surface area contributed by atoms with Crippen molar-refractivity contribution >= 4 is 13.0 Å². The predicted molar refractivity (Wildman–Crippen MR) is 79.1 cm³/mol. The largest absolute Gasteiger partial charge is 0.435 e. The number of para-hydroxylation sites is 1. The molecule has 1 aromatic carbocycles. The van der Waals surface area contributed by atoms with Crippen LogP contribution < -0.4 is 5.44 Å². The quantitative estimate of drug-likeness (QED) is 0.746. The van der Waals surface area contributed by atoms with Gasteiger partial charge in [-0.25, -0.2) is 4.68 Å². The summed E-state index contributed by atoms with van der Waals surface area (Å²) in [5, 5.41) is 3.54.